The molecule has 2 amide bonds. The maximum absolute atomic E-state index is 12.7. The van der Waals surface area contributed by atoms with Gasteiger partial charge in [-0.3, -0.25) is 9.59 Å². The Kier molecular flexibility index (Phi) is 9.43. The van der Waals surface area contributed by atoms with E-state index in [1.54, 1.807) is 43.5 Å². The molecule has 0 aliphatic carbocycles. The minimum Gasteiger partial charge on any atom is -0.493 e. The van der Waals surface area contributed by atoms with Gasteiger partial charge in [0.1, 0.15) is 12.6 Å². The molecule has 0 radical (unpaired) electrons. The average Bonchev–Trinajstić information content (AvgIpc) is 2.87. The van der Waals surface area contributed by atoms with Gasteiger partial charge in [-0.1, -0.05) is 60.1 Å². The lowest BCUT2D eigenvalue weighted by Crippen LogP contribution is -2.48. The zero-order chi connectivity index (χ0) is 25.2. The summed E-state index contributed by atoms with van der Waals surface area (Å²) in [5.74, 6) is 0.307. The number of halogens is 1. The van der Waals surface area contributed by atoms with Crippen LogP contribution in [-0.4, -0.2) is 31.2 Å². The zero-order valence-corrected chi connectivity index (χ0v) is 21.4. The van der Waals surface area contributed by atoms with Gasteiger partial charge in [0.2, 0.25) is 0 Å². The van der Waals surface area contributed by atoms with Crippen LogP contribution >= 0.6 is 15.9 Å². The summed E-state index contributed by atoms with van der Waals surface area (Å²) >= 11 is 3.42. The topological polar surface area (TPSA) is 89.0 Å². The minimum absolute atomic E-state index is 0.125. The van der Waals surface area contributed by atoms with Gasteiger partial charge in [0, 0.05) is 10.0 Å². The van der Waals surface area contributed by atoms with Crippen molar-refractivity contribution in [3.8, 4) is 11.5 Å². The molecule has 182 valence electrons. The number of benzene rings is 3. The normalized spacial score (nSPS) is 11.8. The fourth-order valence-corrected chi connectivity index (χ4v) is 3.48. The quantitative estimate of drug-likeness (QED) is 0.283. The first-order chi connectivity index (χ1) is 16.9. The van der Waals surface area contributed by atoms with Crippen molar-refractivity contribution in [1.82, 2.24) is 10.7 Å². The molecular weight excluding hydrogens is 510 g/mol. The van der Waals surface area contributed by atoms with Crippen LogP contribution in [0.4, 0.5) is 0 Å². The molecule has 35 heavy (non-hydrogen) atoms. The number of methoxy groups -OCH3 is 1. The van der Waals surface area contributed by atoms with Crippen LogP contribution < -0.4 is 20.2 Å². The van der Waals surface area contributed by atoms with Crippen LogP contribution in [-0.2, 0) is 11.4 Å². The number of nitrogens with one attached hydrogen (secondary N) is 2. The third-order valence-electron chi connectivity index (χ3n) is 5.16. The van der Waals surface area contributed by atoms with Gasteiger partial charge >= 0.3 is 0 Å². The second kappa shape index (κ2) is 12.7. The van der Waals surface area contributed by atoms with E-state index in [4.69, 9.17) is 9.47 Å². The lowest BCUT2D eigenvalue weighted by Gasteiger charge is -2.20. The Hall–Kier alpha value is -3.65. The van der Waals surface area contributed by atoms with Gasteiger partial charge in [0.25, 0.3) is 11.8 Å². The summed E-state index contributed by atoms with van der Waals surface area (Å²) in [7, 11) is 1.56. The number of ether oxygens (including phenoxy) is 2. The third-order valence-corrected chi connectivity index (χ3v) is 5.68. The van der Waals surface area contributed by atoms with Crippen LogP contribution in [0.2, 0.25) is 0 Å². The summed E-state index contributed by atoms with van der Waals surface area (Å²) < 4.78 is 12.3. The average molecular weight is 538 g/mol. The van der Waals surface area contributed by atoms with Crippen LogP contribution in [0.5, 0.6) is 11.5 Å². The maximum atomic E-state index is 12.7. The van der Waals surface area contributed by atoms with Crippen molar-refractivity contribution in [1.29, 1.82) is 0 Å². The van der Waals surface area contributed by atoms with Crippen molar-refractivity contribution in [2.75, 3.05) is 7.11 Å². The maximum Gasteiger partial charge on any atom is 0.262 e. The smallest absolute Gasteiger partial charge is 0.262 e. The number of hydrazone groups is 1. The van der Waals surface area contributed by atoms with E-state index in [-0.39, 0.29) is 11.8 Å². The Morgan fingerprint density at radius 3 is 2.37 bits per heavy atom. The monoisotopic (exact) mass is 537 g/mol. The van der Waals surface area contributed by atoms with Crippen LogP contribution in [0.1, 0.15) is 35.3 Å². The lowest BCUT2D eigenvalue weighted by molar-refractivity contribution is -0.123. The third kappa shape index (κ3) is 7.68. The number of hydrogen-bond donors (Lipinski definition) is 2. The summed E-state index contributed by atoms with van der Waals surface area (Å²) in [6, 6.07) is 21.3. The summed E-state index contributed by atoms with van der Waals surface area (Å²) in [5, 5.41) is 6.83. The highest BCUT2D eigenvalue weighted by atomic mass is 79.9. The lowest BCUT2D eigenvalue weighted by atomic mass is 10.0. The Balaban J connectivity index is 1.60. The molecule has 0 saturated carbocycles. The van der Waals surface area contributed by atoms with Gasteiger partial charge < -0.3 is 14.8 Å². The van der Waals surface area contributed by atoms with E-state index in [1.165, 1.54) is 6.21 Å². The van der Waals surface area contributed by atoms with E-state index in [1.807, 2.05) is 50.2 Å². The first-order valence-corrected chi connectivity index (χ1v) is 11.9. The highest BCUT2D eigenvalue weighted by molar-refractivity contribution is 9.10. The Bertz CT molecular complexity index is 1160. The fourth-order valence-electron chi connectivity index (χ4n) is 3.21. The molecule has 1 unspecified atom stereocenters. The van der Waals surface area contributed by atoms with Crippen LogP contribution in [0.25, 0.3) is 0 Å². The van der Waals surface area contributed by atoms with Crippen LogP contribution in [0.3, 0.4) is 0 Å². The van der Waals surface area contributed by atoms with E-state index >= 15 is 0 Å². The summed E-state index contributed by atoms with van der Waals surface area (Å²) in [6.07, 6.45) is 1.51. The molecule has 0 spiro atoms. The van der Waals surface area contributed by atoms with Crippen LogP contribution in [0, 0.1) is 5.92 Å². The molecule has 3 aromatic rings. The SMILES string of the molecule is COc1cc(/C=N/NC(=O)C(NC(=O)c2ccccc2)C(C)C)ccc1OCc1ccc(Br)cc1. The predicted molar refractivity (Wildman–Crippen MR) is 140 cm³/mol. The second-order valence-electron chi connectivity index (χ2n) is 8.12. The molecule has 1 atom stereocenters. The second-order valence-corrected chi connectivity index (χ2v) is 9.04. The van der Waals surface area contributed by atoms with Gasteiger partial charge in [-0.2, -0.15) is 5.10 Å². The van der Waals surface area contributed by atoms with Crippen molar-refractivity contribution < 1.29 is 19.1 Å². The zero-order valence-electron chi connectivity index (χ0n) is 19.8. The molecule has 3 aromatic carbocycles. The highest BCUT2D eigenvalue weighted by Gasteiger charge is 2.24. The molecule has 0 heterocycles. The molecule has 0 saturated heterocycles. The summed E-state index contributed by atoms with van der Waals surface area (Å²) in [6.45, 7) is 4.12. The summed E-state index contributed by atoms with van der Waals surface area (Å²) in [5.41, 5.74) is 4.75. The number of nitrogens with zero attached hydrogens (tertiary/aromatic N) is 1. The molecule has 8 heteroatoms. The molecule has 7 nitrogen and oxygen atoms in total. The number of rotatable bonds is 10. The van der Waals surface area contributed by atoms with E-state index in [9.17, 15) is 9.59 Å². The van der Waals surface area contributed by atoms with E-state index < -0.39 is 11.9 Å². The van der Waals surface area contributed by atoms with Crippen molar-refractivity contribution >= 4 is 34.0 Å². The van der Waals surface area contributed by atoms with Gasteiger partial charge in [0.05, 0.1) is 13.3 Å². The van der Waals surface area contributed by atoms with E-state index in [0.29, 0.717) is 29.2 Å². The Morgan fingerprint density at radius 2 is 1.71 bits per heavy atom. The molecule has 0 aliphatic rings. The van der Waals surface area contributed by atoms with Gasteiger partial charge in [-0.15, -0.1) is 0 Å². The standard InChI is InChI=1S/C27H28BrN3O4/c1-18(2)25(30-26(32)21-7-5-4-6-8-21)27(33)31-29-16-20-11-14-23(24(15-20)34-3)35-17-19-9-12-22(28)13-10-19/h4-16,18,25H,17H2,1-3H3,(H,30,32)(H,31,33)/b29-16+. The Morgan fingerprint density at radius 1 is 1.00 bits per heavy atom. The Labute approximate surface area is 213 Å². The van der Waals surface area contributed by atoms with E-state index in [0.717, 1.165) is 10.0 Å². The summed E-state index contributed by atoms with van der Waals surface area (Å²) in [4.78, 5) is 25.1. The van der Waals surface area contributed by atoms with Gasteiger partial charge in [-0.05, 0) is 59.5 Å². The predicted octanol–water partition coefficient (Wildman–Crippen LogP) is 4.94. The number of carbonyl (C=O) groups is 2. The van der Waals surface area contributed by atoms with Crippen LogP contribution in [0.15, 0.2) is 82.4 Å². The molecule has 2 N–H and O–H groups in total. The van der Waals surface area contributed by atoms with Gasteiger partial charge in [0.15, 0.2) is 11.5 Å². The molecule has 3 rings (SSSR count). The van der Waals surface area contributed by atoms with Gasteiger partial charge in [-0.25, -0.2) is 5.43 Å². The first-order valence-electron chi connectivity index (χ1n) is 11.1. The number of hydrogen-bond acceptors (Lipinski definition) is 5. The minimum atomic E-state index is -0.733. The van der Waals surface area contributed by atoms with Crippen molar-refractivity contribution in [2.24, 2.45) is 11.0 Å². The number of carbonyl (C=O) groups excluding carboxylic acids is 2. The fraction of sp³-hybridized carbons (Fsp3) is 0.222. The largest absolute Gasteiger partial charge is 0.493 e. The molecule has 0 aromatic heterocycles. The van der Waals surface area contributed by atoms with Crippen molar-refractivity contribution in [3.05, 3.63) is 94.0 Å². The van der Waals surface area contributed by atoms with Crippen molar-refractivity contribution in [3.63, 3.8) is 0 Å². The first kappa shape index (κ1) is 26.0. The van der Waals surface area contributed by atoms with E-state index in [2.05, 4.69) is 31.8 Å². The highest BCUT2D eigenvalue weighted by Crippen LogP contribution is 2.28. The molecule has 0 bridgehead atoms. The molecule has 0 fully saturated rings. The molecule has 0 aliphatic heterocycles. The molecular formula is C27H28BrN3O4. The van der Waals surface area contributed by atoms with Crippen molar-refractivity contribution in [2.45, 2.75) is 26.5 Å². The number of amides is 2.